The minimum atomic E-state index is -4.03. The zero-order valence-corrected chi connectivity index (χ0v) is 20.9. The molecule has 35 heavy (non-hydrogen) atoms. The molecule has 0 saturated heterocycles. The van der Waals surface area contributed by atoms with Gasteiger partial charge in [0.05, 0.1) is 11.5 Å². The Morgan fingerprint density at radius 3 is 2.23 bits per heavy atom. The SMILES string of the molecule is CCOC(=O)c1c(-c2ccccc2)csc1NC(=NS(=O)(=O)c1ccccc1C)c1ccccc1. The van der Waals surface area contributed by atoms with Crippen LogP contribution in [0.2, 0.25) is 0 Å². The molecule has 0 aliphatic carbocycles. The van der Waals surface area contributed by atoms with E-state index in [1.165, 1.54) is 17.4 Å². The Morgan fingerprint density at radius 1 is 0.943 bits per heavy atom. The lowest BCUT2D eigenvalue weighted by Gasteiger charge is -2.12. The van der Waals surface area contributed by atoms with Crippen LogP contribution < -0.4 is 5.32 Å². The van der Waals surface area contributed by atoms with E-state index in [2.05, 4.69) is 9.71 Å². The lowest BCUT2D eigenvalue weighted by Crippen LogP contribution is -2.18. The average Bonchev–Trinajstić information content (AvgIpc) is 3.28. The van der Waals surface area contributed by atoms with E-state index >= 15 is 0 Å². The molecule has 3 aromatic carbocycles. The van der Waals surface area contributed by atoms with Crippen molar-refractivity contribution in [2.45, 2.75) is 18.7 Å². The maximum atomic E-state index is 13.3. The molecule has 0 radical (unpaired) electrons. The number of rotatable bonds is 7. The molecule has 6 nitrogen and oxygen atoms in total. The van der Waals surface area contributed by atoms with Crippen LogP contribution in [-0.2, 0) is 14.8 Å². The lowest BCUT2D eigenvalue weighted by atomic mass is 10.0. The molecule has 1 heterocycles. The largest absolute Gasteiger partial charge is 0.462 e. The second kappa shape index (κ2) is 10.7. The van der Waals surface area contributed by atoms with Crippen LogP contribution in [0.3, 0.4) is 0 Å². The zero-order chi connectivity index (χ0) is 24.8. The van der Waals surface area contributed by atoms with Gasteiger partial charge in [0.25, 0.3) is 10.0 Å². The monoisotopic (exact) mass is 504 g/mol. The van der Waals surface area contributed by atoms with Crippen LogP contribution in [-0.4, -0.2) is 26.8 Å². The van der Waals surface area contributed by atoms with E-state index in [4.69, 9.17) is 4.74 Å². The number of nitrogens with zero attached hydrogens (tertiary/aromatic N) is 1. The average molecular weight is 505 g/mol. The van der Waals surface area contributed by atoms with Crippen molar-refractivity contribution in [2.75, 3.05) is 11.9 Å². The molecule has 1 aromatic heterocycles. The van der Waals surface area contributed by atoms with Gasteiger partial charge in [0, 0.05) is 16.5 Å². The van der Waals surface area contributed by atoms with E-state index in [0.717, 1.165) is 5.56 Å². The summed E-state index contributed by atoms with van der Waals surface area (Å²) in [5.74, 6) is -0.384. The van der Waals surface area contributed by atoms with E-state index in [1.54, 1.807) is 56.3 Å². The van der Waals surface area contributed by atoms with Gasteiger partial charge >= 0.3 is 5.97 Å². The Hall–Kier alpha value is -3.75. The summed E-state index contributed by atoms with van der Waals surface area (Å²) < 4.78 is 36.0. The highest BCUT2D eigenvalue weighted by Crippen LogP contribution is 2.36. The van der Waals surface area contributed by atoms with E-state index in [1.807, 2.05) is 41.8 Å². The Labute approximate surface area is 209 Å². The molecule has 0 spiro atoms. The van der Waals surface area contributed by atoms with E-state index in [-0.39, 0.29) is 17.3 Å². The van der Waals surface area contributed by atoms with Crippen LogP contribution in [0.4, 0.5) is 5.00 Å². The van der Waals surface area contributed by atoms with Gasteiger partial charge in [-0.05, 0) is 31.0 Å². The fourth-order valence-corrected chi connectivity index (χ4v) is 5.72. The first kappa shape index (κ1) is 24.4. The molecule has 1 N–H and O–H groups in total. The number of aryl methyl sites for hydroxylation is 1. The first-order valence-corrected chi connectivity index (χ1v) is 13.3. The molecule has 0 aliphatic heterocycles. The smallest absolute Gasteiger partial charge is 0.341 e. The lowest BCUT2D eigenvalue weighted by molar-refractivity contribution is 0.0529. The van der Waals surface area contributed by atoms with Crippen molar-refractivity contribution in [3.8, 4) is 11.1 Å². The molecule has 178 valence electrons. The Balaban J connectivity index is 1.84. The number of amidine groups is 1. The maximum Gasteiger partial charge on any atom is 0.341 e. The highest BCUT2D eigenvalue weighted by Gasteiger charge is 2.24. The third kappa shape index (κ3) is 5.50. The second-order valence-electron chi connectivity index (χ2n) is 7.61. The third-order valence-corrected chi connectivity index (χ3v) is 7.55. The maximum absolute atomic E-state index is 13.3. The zero-order valence-electron chi connectivity index (χ0n) is 19.3. The molecule has 4 aromatic rings. The summed E-state index contributed by atoms with van der Waals surface area (Å²) in [6, 6.07) is 25.1. The Morgan fingerprint density at radius 2 is 1.57 bits per heavy atom. The van der Waals surface area contributed by atoms with Crippen LogP contribution in [0.5, 0.6) is 0 Å². The number of carbonyl (C=O) groups excluding carboxylic acids is 1. The summed E-state index contributed by atoms with van der Waals surface area (Å²) in [5, 5.41) is 5.43. The van der Waals surface area contributed by atoms with Crippen LogP contribution in [0.1, 0.15) is 28.4 Å². The van der Waals surface area contributed by atoms with Crippen molar-refractivity contribution in [1.29, 1.82) is 0 Å². The number of carbonyl (C=O) groups is 1. The number of benzene rings is 3. The Kier molecular flexibility index (Phi) is 7.43. The van der Waals surface area contributed by atoms with E-state index < -0.39 is 16.0 Å². The van der Waals surface area contributed by atoms with Gasteiger partial charge in [-0.15, -0.1) is 15.7 Å². The standard InChI is InChI=1S/C27H24N2O4S2/c1-3-33-27(30)24-22(20-13-6-4-7-14-20)18-34-26(24)28-25(21-15-8-5-9-16-21)29-35(31,32)23-17-11-10-12-19(23)2/h4-18H,3H2,1-2H3,(H,28,29). The molecule has 0 atom stereocenters. The van der Waals surface area contributed by atoms with Gasteiger partial charge in [-0.25, -0.2) is 4.79 Å². The van der Waals surface area contributed by atoms with E-state index in [0.29, 0.717) is 27.3 Å². The van der Waals surface area contributed by atoms with Crippen LogP contribution in [0.15, 0.2) is 99.6 Å². The molecule has 0 bridgehead atoms. The number of thiophene rings is 1. The highest BCUT2D eigenvalue weighted by atomic mass is 32.2. The van der Waals surface area contributed by atoms with Gasteiger partial charge in [-0.2, -0.15) is 8.42 Å². The summed E-state index contributed by atoms with van der Waals surface area (Å²) in [6.07, 6.45) is 0. The second-order valence-corrected chi connectivity index (χ2v) is 10.1. The Bertz CT molecular complexity index is 1460. The summed E-state index contributed by atoms with van der Waals surface area (Å²) >= 11 is 1.29. The predicted octanol–water partition coefficient (Wildman–Crippen LogP) is 6.15. The summed E-state index contributed by atoms with van der Waals surface area (Å²) in [6.45, 7) is 3.68. The summed E-state index contributed by atoms with van der Waals surface area (Å²) in [4.78, 5) is 13.1. The third-order valence-electron chi connectivity index (χ3n) is 5.22. The molecule has 8 heteroatoms. The number of hydrogen-bond acceptors (Lipinski definition) is 5. The number of ether oxygens (including phenoxy) is 1. The molecule has 0 unspecified atom stereocenters. The van der Waals surface area contributed by atoms with Gasteiger partial charge in [-0.1, -0.05) is 78.9 Å². The number of nitrogens with one attached hydrogen (secondary N) is 1. The van der Waals surface area contributed by atoms with E-state index in [9.17, 15) is 13.2 Å². The van der Waals surface area contributed by atoms with Crippen molar-refractivity contribution in [3.63, 3.8) is 0 Å². The first-order chi connectivity index (χ1) is 16.9. The van der Waals surface area contributed by atoms with Crippen LogP contribution >= 0.6 is 11.3 Å². The minimum absolute atomic E-state index is 0.112. The van der Waals surface area contributed by atoms with Crippen molar-refractivity contribution >= 4 is 38.2 Å². The minimum Gasteiger partial charge on any atom is -0.462 e. The predicted molar refractivity (Wildman–Crippen MR) is 141 cm³/mol. The van der Waals surface area contributed by atoms with Crippen LogP contribution in [0, 0.1) is 6.92 Å². The van der Waals surface area contributed by atoms with Crippen molar-refractivity contribution in [2.24, 2.45) is 4.40 Å². The molecule has 0 saturated carbocycles. The van der Waals surface area contributed by atoms with Gasteiger partial charge < -0.3 is 10.1 Å². The topological polar surface area (TPSA) is 84.8 Å². The number of sulfonamides is 1. The fourth-order valence-electron chi connectivity index (χ4n) is 3.55. The first-order valence-electron chi connectivity index (χ1n) is 11.0. The summed E-state index contributed by atoms with van der Waals surface area (Å²) in [7, 11) is -4.03. The molecule has 0 amide bonds. The van der Waals surface area contributed by atoms with Gasteiger partial charge in [0.15, 0.2) is 5.84 Å². The van der Waals surface area contributed by atoms with Gasteiger partial charge in [-0.3, -0.25) is 0 Å². The fraction of sp³-hybridized carbons (Fsp3) is 0.111. The number of esters is 1. The number of anilines is 1. The molecular weight excluding hydrogens is 480 g/mol. The normalized spacial score (nSPS) is 11.8. The van der Waals surface area contributed by atoms with Crippen molar-refractivity contribution < 1.29 is 17.9 Å². The molecular formula is C27H24N2O4S2. The van der Waals surface area contributed by atoms with Crippen molar-refractivity contribution in [3.05, 3.63) is 107 Å². The molecule has 4 rings (SSSR count). The highest BCUT2D eigenvalue weighted by molar-refractivity contribution is 7.90. The quantitative estimate of drug-likeness (QED) is 0.185. The number of hydrogen-bond donors (Lipinski definition) is 1. The van der Waals surface area contributed by atoms with Crippen molar-refractivity contribution in [1.82, 2.24) is 0 Å². The van der Waals surface area contributed by atoms with Gasteiger partial charge in [0.1, 0.15) is 10.6 Å². The molecule has 0 aliphatic rings. The summed E-state index contributed by atoms with van der Waals surface area (Å²) in [5.41, 5.74) is 3.05. The van der Waals surface area contributed by atoms with Gasteiger partial charge in [0.2, 0.25) is 0 Å². The molecule has 0 fully saturated rings. The van der Waals surface area contributed by atoms with Crippen LogP contribution in [0.25, 0.3) is 11.1 Å².